The van der Waals surface area contributed by atoms with Crippen molar-refractivity contribution in [3.05, 3.63) is 48.0 Å². The van der Waals surface area contributed by atoms with Gasteiger partial charge in [-0.05, 0) is 35.4 Å². The number of hydrogen-bond acceptors (Lipinski definition) is 5. The van der Waals surface area contributed by atoms with Crippen LogP contribution in [0.2, 0.25) is 0 Å². The van der Waals surface area contributed by atoms with Crippen LogP contribution in [0.15, 0.2) is 42.5 Å². The summed E-state index contributed by atoms with van der Waals surface area (Å²) < 4.78 is 10.2. The number of ether oxygens (including phenoxy) is 2. The minimum Gasteiger partial charge on any atom is -0.491 e. The second-order valence-electron chi connectivity index (χ2n) is 5.21. The lowest BCUT2D eigenvalue weighted by Crippen LogP contribution is -2.14. The molecule has 0 atom stereocenters. The number of aliphatic hydroxyl groups is 1. The van der Waals surface area contributed by atoms with E-state index in [9.17, 15) is 4.79 Å². The number of carbonyl (C=O) groups excluding carboxylic acids is 1. The molecule has 0 fully saturated rings. The fourth-order valence-electron chi connectivity index (χ4n) is 2.27. The van der Waals surface area contributed by atoms with Gasteiger partial charge < -0.3 is 19.5 Å². The topological polar surface area (TPSA) is 59.0 Å². The Morgan fingerprint density at radius 3 is 2.30 bits per heavy atom. The maximum Gasteiger partial charge on any atom is 0.339 e. The lowest BCUT2D eigenvalue weighted by molar-refractivity contribution is 0.0601. The summed E-state index contributed by atoms with van der Waals surface area (Å²) in [4.78, 5) is 13.7. The lowest BCUT2D eigenvalue weighted by atomic mass is 10.0. The van der Waals surface area contributed by atoms with E-state index >= 15 is 0 Å². The summed E-state index contributed by atoms with van der Waals surface area (Å²) in [6, 6.07) is 13.2. The highest BCUT2D eigenvalue weighted by Gasteiger charge is 2.14. The average Bonchev–Trinajstić information content (AvgIpc) is 2.59. The molecule has 0 aliphatic heterocycles. The highest BCUT2D eigenvalue weighted by molar-refractivity contribution is 5.97. The van der Waals surface area contributed by atoms with Crippen molar-refractivity contribution in [2.24, 2.45) is 0 Å². The van der Waals surface area contributed by atoms with Crippen molar-refractivity contribution in [1.29, 1.82) is 0 Å². The van der Waals surface area contributed by atoms with E-state index < -0.39 is 0 Å². The van der Waals surface area contributed by atoms with Crippen LogP contribution in [-0.4, -0.2) is 45.5 Å². The van der Waals surface area contributed by atoms with Gasteiger partial charge in [-0.1, -0.05) is 18.2 Å². The van der Waals surface area contributed by atoms with Crippen molar-refractivity contribution < 1.29 is 19.4 Å². The van der Waals surface area contributed by atoms with Crippen molar-refractivity contribution in [1.82, 2.24) is 0 Å². The summed E-state index contributed by atoms with van der Waals surface area (Å²) >= 11 is 0. The number of benzene rings is 2. The SMILES string of the molecule is COC(=O)c1ccc(-c2ccc(OCCO)cc2)cc1N(C)C. The lowest BCUT2D eigenvalue weighted by Gasteiger charge is -2.18. The second-order valence-corrected chi connectivity index (χ2v) is 5.21. The minimum atomic E-state index is -0.354. The zero-order valence-electron chi connectivity index (χ0n) is 13.6. The van der Waals surface area contributed by atoms with Gasteiger partial charge in [-0.25, -0.2) is 4.79 Å². The molecule has 1 N–H and O–H groups in total. The first-order chi connectivity index (χ1) is 11.1. The van der Waals surface area contributed by atoms with Crippen molar-refractivity contribution in [2.75, 3.05) is 39.3 Å². The van der Waals surface area contributed by atoms with Crippen LogP contribution in [0.1, 0.15) is 10.4 Å². The summed E-state index contributed by atoms with van der Waals surface area (Å²) in [5.41, 5.74) is 3.34. The predicted molar refractivity (Wildman–Crippen MR) is 90.1 cm³/mol. The average molecular weight is 315 g/mol. The molecule has 0 bridgehead atoms. The molecule has 0 aliphatic carbocycles. The molecule has 2 aromatic carbocycles. The zero-order valence-corrected chi connectivity index (χ0v) is 13.6. The van der Waals surface area contributed by atoms with Crippen LogP contribution < -0.4 is 9.64 Å². The third-order valence-corrected chi connectivity index (χ3v) is 3.43. The third kappa shape index (κ3) is 4.02. The van der Waals surface area contributed by atoms with Gasteiger partial charge in [-0.2, -0.15) is 0 Å². The normalized spacial score (nSPS) is 10.3. The van der Waals surface area contributed by atoms with Gasteiger partial charge in [0.05, 0.1) is 25.0 Å². The van der Waals surface area contributed by atoms with Crippen LogP contribution in [0.25, 0.3) is 11.1 Å². The number of methoxy groups -OCH3 is 1. The van der Waals surface area contributed by atoms with Crippen molar-refractivity contribution in [3.8, 4) is 16.9 Å². The van der Waals surface area contributed by atoms with E-state index in [1.165, 1.54) is 7.11 Å². The fraction of sp³-hybridized carbons (Fsp3) is 0.278. The molecule has 23 heavy (non-hydrogen) atoms. The summed E-state index contributed by atoms with van der Waals surface area (Å²) in [6.45, 7) is 0.265. The van der Waals surface area contributed by atoms with Gasteiger partial charge in [0.15, 0.2) is 0 Å². The molecule has 0 unspecified atom stereocenters. The molecule has 0 saturated heterocycles. The molecule has 0 aliphatic rings. The first-order valence-corrected chi connectivity index (χ1v) is 7.30. The van der Waals surface area contributed by atoms with E-state index in [1.54, 1.807) is 6.07 Å². The van der Waals surface area contributed by atoms with Gasteiger partial charge in [0, 0.05) is 14.1 Å². The van der Waals surface area contributed by atoms with Gasteiger partial charge in [0.25, 0.3) is 0 Å². The number of hydrogen-bond donors (Lipinski definition) is 1. The quantitative estimate of drug-likeness (QED) is 0.830. The molecular weight excluding hydrogens is 294 g/mol. The largest absolute Gasteiger partial charge is 0.491 e. The highest BCUT2D eigenvalue weighted by atomic mass is 16.5. The predicted octanol–water partition coefficient (Wildman–Crippen LogP) is 2.58. The summed E-state index contributed by atoms with van der Waals surface area (Å²) in [5.74, 6) is 0.356. The van der Waals surface area contributed by atoms with Crippen molar-refractivity contribution in [3.63, 3.8) is 0 Å². The molecule has 0 radical (unpaired) electrons. The number of esters is 1. The van der Waals surface area contributed by atoms with Gasteiger partial charge in [0.1, 0.15) is 12.4 Å². The Labute approximate surface area is 136 Å². The molecule has 5 nitrogen and oxygen atoms in total. The van der Waals surface area contributed by atoms with Crippen LogP contribution in [0, 0.1) is 0 Å². The Hall–Kier alpha value is -2.53. The highest BCUT2D eigenvalue weighted by Crippen LogP contribution is 2.29. The molecular formula is C18H21NO4. The first-order valence-electron chi connectivity index (χ1n) is 7.30. The van der Waals surface area contributed by atoms with Gasteiger partial charge >= 0.3 is 5.97 Å². The Morgan fingerprint density at radius 2 is 1.74 bits per heavy atom. The van der Waals surface area contributed by atoms with E-state index in [1.807, 2.05) is 55.4 Å². The minimum absolute atomic E-state index is 0.0110. The standard InChI is InChI=1S/C18H21NO4/c1-19(2)17-12-14(6-9-16(17)18(21)22-3)13-4-7-15(8-5-13)23-11-10-20/h4-9,12,20H,10-11H2,1-3H3. The monoisotopic (exact) mass is 315 g/mol. The molecule has 0 saturated carbocycles. The maximum absolute atomic E-state index is 11.8. The van der Waals surface area contributed by atoms with E-state index in [0.717, 1.165) is 16.8 Å². The summed E-state index contributed by atoms with van der Waals surface area (Å²) in [5, 5.41) is 8.77. The molecule has 5 heteroatoms. The molecule has 2 rings (SSSR count). The van der Waals surface area contributed by atoms with E-state index in [2.05, 4.69) is 0 Å². The third-order valence-electron chi connectivity index (χ3n) is 3.43. The Kier molecular flexibility index (Phi) is 5.60. The molecule has 0 aromatic heterocycles. The second kappa shape index (κ2) is 7.65. The van der Waals surface area contributed by atoms with Crippen molar-refractivity contribution >= 4 is 11.7 Å². The van der Waals surface area contributed by atoms with Gasteiger partial charge in [-0.3, -0.25) is 0 Å². The molecule has 2 aromatic rings. The van der Waals surface area contributed by atoms with Gasteiger partial charge in [-0.15, -0.1) is 0 Å². The Morgan fingerprint density at radius 1 is 1.09 bits per heavy atom. The molecule has 0 spiro atoms. The fourth-order valence-corrected chi connectivity index (χ4v) is 2.27. The maximum atomic E-state index is 11.8. The van der Waals surface area contributed by atoms with Crippen LogP contribution in [0.4, 0.5) is 5.69 Å². The molecule has 122 valence electrons. The summed E-state index contributed by atoms with van der Waals surface area (Å²) in [6.07, 6.45) is 0. The van der Waals surface area contributed by atoms with Crippen LogP contribution >= 0.6 is 0 Å². The van der Waals surface area contributed by atoms with E-state index in [0.29, 0.717) is 11.3 Å². The number of rotatable bonds is 6. The van der Waals surface area contributed by atoms with Crippen molar-refractivity contribution in [2.45, 2.75) is 0 Å². The first kappa shape index (κ1) is 16.8. The molecule has 0 amide bonds. The van der Waals surface area contributed by atoms with Crippen LogP contribution in [0.3, 0.4) is 0 Å². The van der Waals surface area contributed by atoms with E-state index in [4.69, 9.17) is 14.6 Å². The number of nitrogens with zero attached hydrogens (tertiary/aromatic N) is 1. The number of carbonyl (C=O) groups is 1. The Bertz CT molecular complexity index is 665. The number of aliphatic hydroxyl groups excluding tert-OH is 1. The van der Waals surface area contributed by atoms with Gasteiger partial charge in [0.2, 0.25) is 0 Å². The molecule has 0 heterocycles. The van der Waals surface area contributed by atoms with Crippen LogP contribution in [-0.2, 0) is 4.74 Å². The summed E-state index contributed by atoms with van der Waals surface area (Å²) in [7, 11) is 5.15. The number of anilines is 1. The van der Waals surface area contributed by atoms with E-state index in [-0.39, 0.29) is 19.2 Å². The zero-order chi connectivity index (χ0) is 16.8. The van der Waals surface area contributed by atoms with Crippen LogP contribution in [0.5, 0.6) is 5.75 Å². The Balaban J connectivity index is 2.32. The smallest absolute Gasteiger partial charge is 0.339 e.